The second-order valence-electron chi connectivity index (χ2n) is 13.7. The number of rotatable bonds is 4. The third kappa shape index (κ3) is 4.36. The van der Waals surface area contributed by atoms with Gasteiger partial charge in [0, 0.05) is 21.2 Å². The fraction of sp³-hybridized carbons (Fsp3) is 0.378. The summed E-state index contributed by atoms with van der Waals surface area (Å²) in [6.45, 7) is 18.7. The fourth-order valence-corrected chi connectivity index (χ4v) is 7.99. The Morgan fingerprint density at radius 3 is 2.31 bits per heavy atom. The first kappa shape index (κ1) is 26.4. The molecule has 2 heteroatoms. The summed E-state index contributed by atoms with van der Waals surface area (Å²) in [6.07, 6.45) is 4.45. The van der Waals surface area contributed by atoms with E-state index in [0.29, 0.717) is 11.8 Å². The van der Waals surface area contributed by atoms with E-state index >= 15 is 0 Å². The van der Waals surface area contributed by atoms with Crippen LogP contribution in [0.3, 0.4) is 0 Å². The number of hydrogen-bond donors (Lipinski definition) is 0. The van der Waals surface area contributed by atoms with Gasteiger partial charge in [-0.2, -0.15) is 0 Å². The van der Waals surface area contributed by atoms with E-state index in [0.717, 1.165) is 12.8 Å². The average Bonchev–Trinajstić information content (AvgIpc) is 2.86. The maximum Gasteiger partial charge on any atom is 0.222 e. The lowest BCUT2D eigenvalue weighted by Crippen LogP contribution is -2.32. The van der Waals surface area contributed by atoms with Gasteiger partial charge in [0.1, 0.15) is 7.05 Å². The molecular weight excluding hydrogens is 490 g/mol. The van der Waals surface area contributed by atoms with Crippen LogP contribution >= 0.6 is 11.8 Å². The van der Waals surface area contributed by atoms with E-state index in [1.807, 2.05) is 11.8 Å². The molecule has 6 rings (SSSR count). The standard InChI is InChI=1S/C37H42NS/c1-21(2)17-25-11-10-12-26-28-15-16-38(9)35-33-23(5)29-18-24(22(3)4)13-14-27(29)31(20-37(6,7)8)36(33)39-32(34(28)35)19-30(25)26/h10-16,18-19,21-22H,17,20H2,1-9H3/q+1. The Morgan fingerprint density at radius 1 is 0.846 bits per heavy atom. The van der Waals surface area contributed by atoms with Gasteiger partial charge in [0.2, 0.25) is 5.69 Å². The zero-order valence-electron chi connectivity index (χ0n) is 25.1. The molecule has 1 aliphatic rings. The summed E-state index contributed by atoms with van der Waals surface area (Å²) in [4.78, 5) is 2.86. The summed E-state index contributed by atoms with van der Waals surface area (Å²) in [5, 5.41) is 8.44. The van der Waals surface area contributed by atoms with Crippen LogP contribution in [0, 0.1) is 18.3 Å². The Bertz CT molecular complexity index is 1780. The molecule has 0 bridgehead atoms. The number of hydrogen-bond acceptors (Lipinski definition) is 1. The minimum Gasteiger partial charge on any atom is -0.200 e. The largest absolute Gasteiger partial charge is 0.222 e. The smallest absolute Gasteiger partial charge is 0.200 e. The Labute approximate surface area is 238 Å². The zero-order valence-corrected chi connectivity index (χ0v) is 25.9. The highest BCUT2D eigenvalue weighted by Gasteiger charge is 2.33. The van der Waals surface area contributed by atoms with E-state index in [1.165, 1.54) is 75.6 Å². The third-order valence-electron chi connectivity index (χ3n) is 8.43. The summed E-state index contributed by atoms with van der Waals surface area (Å²) in [7, 11) is 2.23. The molecule has 0 unspecified atom stereocenters. The summed E-state index contributed by atoms with van der Waals surface area (Å²) >= 11 is 2.02. The SMILES string of the molecule is Cc1c2c(c(CC(C)(C)C)c3ccc(C(C)C)cc13)Sc1cc3c(CC(C)C)cccc3c3cc[n+](C)c-2c13. The number of aryl methyl sites for hydroxylation is 2. The van der Waals surface area contributed by atoms with Crippen molar-refractivity contribution in [3.8, 4) is 11.3 Å². The van der Waals surface area contributed by atoms with E-state index in [-0.39, 0.29) is 5.41 Å². The molecule has 1 aliphatic heterocycles. The lowest BCUT2D eigenvalue weighted by atomic mass is 9.82. The molecule has 0 aliphatic carbocycles. The summed E-state index contributed by atoms with van der Waals surface area (Å²) in [5.41, 5.74) is 8.81. The summed E-state index contributed by atoms with van der Waals surface area (Å²) in [5.74, 6) is 1.14. The van der Waals surface area contributed by atoms with Gasteiger partial charge in [-0.1, -0.05) is 96.6 Å². The van der Waals surface area contributed by atoms with Crippen LogP contribution in [-0.4, -0.2) is 0 Å². The van der Waals surface area contributed by atoms with Crippen molar-refractivity contribution in [1.82, 2.24) is 0 Å². The van der Waals surface area contributed by atoms with Crippen molar-refractivity contribution < 1.29 is 4.57 Å². The van der Waals surface area contributed by atoms with Crippen LogP contribution in [0.4, 0.5) is 0 Å². The van der Waals surface area contributed by atoms with Crippen LogP contribution in [0.5, 0.6) is 0 Å². The molecule has 0 amide bonds. The van der Waals surface area contributed by atoms with Crippen LogP contribution in [0.1, 0.15) is 76.6 Å². The molecule has 0 spiro atoms. The van der Waals surface area contributed by atoms with Crippen LogP contribution in [-0.2, 0) is 19.9 Å². The molecule has 0 N–H and O–H groups in total. The van der Waals surface area contributed by atoms with Gasteiger partial charge < -0.3 is 0 Å². The maximum absolute atomic E-state index is 2.51. The predicted octanol–water partition coefficient (Wildman–Crippen LogP) is 10.3. The quantitative estimate of drug-likeness (QED) is 0.161. The Morgan fingerprint density at radius 2 is 1.62 bits per heavy atom. The predicted molar refractivity (Wildman–Crippen MR) is 170 cm³/mol. The van der Waals surface area contributed by atoms with Crippen molar-refractivity contribution in [2.45, 2.75) is 83.9 Å². The maximum atomic E-state index is 2.51. The highest BCUT2D eigenvalue weighted by atomic mass is 32.2. The molecule has 5 aromatic rings. The van der Waals surface area contributed by atoms with Gasteiger partial charge in [-0.05, 0) is 86.9 Å². The van der Waals surface area contributed by atoms with E-state index in [1.54, 1.807) is 0 Å². The van der Waals surface area contributed by atoms with Crippen molar-refractivity contribution in [1.29, 1.82) is 0 Å². The van der Waals surface area contributed by atoms with Crippen molar-refractivity contribution in [3.63, 3.8) is 0 Å². The molecule has 2 heterocycles. The van der Waals surface area contributed by atoms with Gasteiger partial charge in [-0.3, -0.25) is 0 Å². The first-order chi connectivity index (χ1) is 18.4. The minimum absolute atomic E-state index is 0.190. The molecule has 1 nitrogen and oxygen atoms in total. The van der Waals surface area contributed by atoms with Gasteiger partial charge in [0.05, 0.1) is 10.9 Å². The van der Waals surface area contributed by atoms with Gasteiger partial charge in [-0.25, -0.2) is 4.57 Å². The van der Waals surface area contributed by atoms with E-state index in [4.69, 9.17) is 0 Å². The molecule has 4 aromatic carbocycles. The molecule has 39 heavy (non-hydrogen) atoms. The molecule has 0 atom stereocenters. The number of aromatic nitrogens is 1. The van der Waals surface area contributed by atoms with Crippen LogP contribution in [0.25, 0.3) is 43.6 Å². The number of nitrogens with zero attached hydrogens (tertiary/aromatic N) is 1. The Kier molecular flexibility index (Phi) is 6.34. The van der Waals surface area contributed by atoms with Crippen LogP contribution in [0.2, 0.25) is 0 Å². The number of fused-ring (bicyclic) bond motifs is 5. The van der Waals surface area contributed by atoms with Crippen molar-refractivity contribution in [2.24, 2.45) is 18.4 Å². The van der Waals surface area contributed by atoms with E-state index in [2.05, 4.69) is 122 Å². The lowest BCUT2D eigenvalue weighted by Gasteiger charge is -2.28. The molecule has 0 saturated carbocycles. The summed E-state index contributed by atoms with van der Waals surface area (Å²) in [6, 6.07) is 19.0. The average molecular weight is 533 g/mol. The summed E-state index contributed by atoms with van der Waals surface area (Å²) < 4.78 is 2.38. The fourth-order valence-electron chi connectivity index (χ4n) is 6.63. The highest BCUT2D eigenvalue weighted by Crippen LogP contribution is 2.53. The number of pyridine rings is 1. The Balaban J connectivity index is 1.77. The van der Waals surface area contributed by atoms with Crippen molar-refractivity contribution in [2.75, 3.05) is 0 Å². The second-order valence-corrected chi connectivity index (χ2v) is 14.7. The number of benzene rings is 4. The first-order valence-electron chi connectivity index (χ1n) is 14.6. The molecule has 1 aromatic heterocycles. The van der Waals surface area contributed by atoms with E-state index < -0.39 is 0 Å². The van der Waals surface area contributed by atoms with Crippen LogP contribution in [0.15, 0.2) is 64.5 Å². The van der Waals surface area contributed by atoms with Gasteiger partial charge in [0.15, 0.2) is 6.20 Å². The van der Waals surface area contributed by atoms with Crippen LogP contribution < -0.4 is 4.57 Å². The normalized spacial score (nSPS) is 13.3. The monoisotopic (exact) mass is 532 g/mol. The molecule has 0 fully saturated rings. The van der Waals surface area contributed by atoms with Crippen molar-refractivity contribution >= 4 is 44.1 Å². The molecule has 200 valence electrons. The molecule has 0 saturated heterocycles. The van der Waals surface area contributed by atoms with Crippen molar-refractivity contribution in [3.05, 3.63) is 77.0 Å². The highest BCUT2D eigenvalue weighted by molar-refractivity contribution is 8.00. The van der Waals surface area contributed by atoms with Gasteiger partial charge in [-0.15, -0.1) is 0 Å². The molecular formula is C37H42NS+. The van der Waals surface area contributed by atoms with E-state index in [9.17, 15) is 0 Å². The lowest BCUT2D eigenvalue weighted by molar-refractivity contribution is -0.659. The zero-order chi connectivity index (χ0) is 27.8. The minimum atomic E-state index is 0.190. The third-order valence-corrected chi connectivity index (χ3v) is 9.63. The second kappa shape index (κ2) is 9.37. The first-order valence-corrected chi connectivity index (χ1v) is 15.4. The Hall–Kier alpha value is -2.84. The van der Waals surface area contributed by atoms with Gasteiger partial charge in [0.25, 0.3) is 0 Å². The topological polar surface area (TPSA) is 3.88 Å². The van der Waals surface area contributed by atoms with Gasteiger partial charge >= 0.3 is 0 Å². The molecule has 0 radical (unpaired) electrons.